The molecule has 6 nitrogen and oxygen atoms in total. The number of hydroxylamine groups is 2. The van der Waals surface area contributed by atoms with Gasteiger partial charge in [-0.25, -0.2) is 0 Å². The van der Waals surface area contributed by atoms with Crippen LogP contribution in [0.25, 0.3) is 0 Å². The van der Waals surface area contributed by atoms with Crippen LogP contribution in [-0.4, -0.2) is 89.9 Å². The van der Waals surface area contributed by atoms with Gasteiger partial charge in [0, 0.05) is 53.3 Å². The van der Waals surface area contributed by atoms with Crippen LogP contribution in [0.4, 0.5) is 0 Å². The van der Waals surface area contributed by atoms with E-state index in [1.807, 2.05) is 0 Å². The lowest BCUT2D eigenvalue weighted by molar-refractivity contribution is -0.184. The number of hydrogen-bond acceptors (Lipinski definition) is 6. The van der Waals surface area contributed by atoms with Crippen LogP contribution in [0.1, 0.15) is 33.1 Å². The normalized spacial score (nSPS) is 14.2. The van der Waals surface area contributed by atoms with Crippen LogP contribution < -0.4 is 0 Å². The molecule has 0 bridgehead atoms. The molecule has 0 aromatic carbocycles. The van der Waals surface area contributed by atoms with Crippen LogP contribution in [0.3, 0.4) is 0 Å². The van der Waals surface area contributed by atoms with E-state index >= 15 is 0 Å². The monoisotopic (exact) mass is 413 g/mol. The van der Waals surface area contributed by atoms with E-state index < -0.39 is 0 Å². The summed E-state index contributed by atoms with van der Waals surface area (Å²) >= 11 is 0. The van der Waals surface area contributed by atoms with Gasteiger partial charge in [0.25, 0.3) is 0 Å². The number of nitrogens with zero attached hydrogens (tertiary/aromatic N) is 1. The molecule has 0 radical (unpaired) electrons. The maximum Gasteiger partial charge on any atom is 0.160 e. The molecule has 158 valence electrons. The average molecular weight is 413 g/mol. The van der Waals surface area contributed by atoms with E-state index in [9.17, 15) is 0 Å². The summed E-state index contributed by atoms with van der Waals surface area (Å²) in [5.74, 6) is 0. The fourth-order valence-corrected chi connectivity index (χ4v) is 5.00. The Morgan fingerprint density at radius 1 is 0.808 bits per heavy atom. The molecule has 0 aromatic heterocycles. The summed E-state index contributed by atoms with van der Waals surface area (Å²) in [7, 11) is 8.46. The molecule has 3 atom stereocenters. The first-order valence-electron chi connectivity index (χ1n) is 9.58. The second-order valence-electron chi connectivity index (χ2n) is 6.03. The molecule has 0 amide bonds. The molecule has 0 saturated heterocycles. The molecule has 0 spiro atoms. The quantitative estimate of drug-likeness (QED) is 0.140. The van der Waals surface area contributed by atoms with Crippen LogP contribution in [0.15, 0.2) is 0 Å². The second-order valence-corrected chi connectivity index (χ2v) is 8.85. The standard InChI is InChI=1S/C18H41NO5P2/c1-7-11-24-19(10-13-26-15-18(22-5)23-6)16(8-2)9-12-25-14-17(20-3)21-4/h16-18,25-26H,7-15H2,1-6H3. The van der Waals surface area contributed by atoms with E-state index in [-0.39, 0.29) is 12.6 Å². The van der Waals surface area contributed by atoms with Crippen molar-refractivity contribution in [1.82, 2.24) is 5.06 Å². The summed E-state index contributed by atoms with van der Waals surface area (Å²) in [6.45, 7) is 6.16. The van der Waals surface area contributed by atoms with Gasteiger partial charge in [-0.05, 0) is 31.6 Å². The summed E-state index contributed by atoms with van der Waals surface area (Å²) in [4.78, 5) is 6.05. The fourth-order valence-electron chi connectivity index (χ4n) is 2.54. The van der Waals surface area contributed by atoms with Crippen molar-refractivity contribution in [3.63, 3.8) is 0 Å². The average Bonchev–Trinajstić information content (AvgIpc) is 2.68. The van der Waals surface area contributed by atoms with Gasteiger partial charge in [-0.1, -0.05) is 13.8 Å². The molecule has 8 heteroatoms. The van der Waals surface area contributed by atoms with Crippen molar-refractivity contribution in [2.24, 2.45) is 0 Å². The maximum absolute atomic E-state index is 6.05. The largest absolute Gasteiger partial charge is 0.356 e. The lowest BCUT2D eigenvalue weighted by atomic mass is 10.1. The zero-order chi connectivity index (χ0) is 19.6. The van der Waals surface area contributed by atoms with Gasteiger partial charge in [-0.2, -0.15) is 5.06 Å². The van der Waals surface area contributed by atoms with Gasteiger partial charge in [0.2, 0.25) is 0 Å². The van der Waals surface area contributed by atoms with E-state index in [4.69, 9.17) is 23.8 Å². The predicted octanol–water partition coefficient (Wildman–Crippen LogP) is 3.39. The van der Waals surface area contributed by atoms with Gasteiger partial charge in [-0.3, -0.25) is 4.84 Å². The van der Waals surface area contributed by atoms with Crippen LogP contribution >= 0.6 is 17.2 Å². The molecule has 0 N–H and O–H groups in total. The molecular formula is C18H41NO5P2. The van der Waals surface area contributed by atoms with Gasteiger partial charge < -0.3 is 18.9 Å². The molecule has 0 heterocycles. The van der Waals surface area contributed by atoms with Crippen molar-refractivity contribution in [3.05, 3.63) is 0 Å². The first kappa shape index (κ1) is 26.6. The van der Waals surface area contributed by atoms with Crippen LogP contribution in [0.2, 0.25) is 0 Å². The fraction of sp³-hybridized carbons (Fsp3) is 1.00. The molecule has 26 heavy (non-hydrogen) atoms. The zero-order valence-electron chi connectivity index (χ0n) is 17.6. The van der Waals surface area contributed by atoms with Crippen LogP contribution in [-0.2, 0) is 23.8 Å². The van der Waals surface area contributed by atoms with Gasteiger partial charge >= 0.3 is 0 Å². The summed E-state index contributed by atoms with van der Waals surface area (Å²) < 4.78 is 21.1. The minimum atomic E-state index is -0.0870. The summed E-state index contributed by atoms with van der Waals surface area (Å²) in [5, 5.41) is 2.22. The number of rotatable bonds is 19. The van der Waals surface area contributed by atoms with Crippen molar-refractivity contribution in [2.75, 3.05) is 66.2 Å². The highest BCUT2D eigenvalue weighted by Crippen LogP contribution is 2.21. The summed E-state index contributed by atoms with van der Waals surface area (Å²) in [6.07, 6.45) is 7.35. The number of hydrogen-bond donors (Lipinski definition) is 0. The smallest absolute Gasteiger partial charge is 0.160 e. The molecule has 0 aliphatic carbocycles. The van der Waals surface area contributed by atoms with E-state index in [1.54, 1.807) is 28.4 Å². The Hall–Kier alpha value is 0.620. The molecule has 0 aliphatic rings. The van der Waals surface area contributed by atoms with Gasteiger partial charge in [0.1, 0.15) is 0 Å². The Morgan fingerprint density at radius 2 is 1.35 bits per heavy atom. The number of methoxy groups -OCH3 is 4. The molecule has 0 aromatic rings. The Bertz CT molecular complexity index is 295. The topological polar surface area (TPSA) is 49.4 Å². The van der Waals surface area contributed by atoms with Gasteiger partial charge in [0.15, 0.2) is 12.6 Å². The van der Waals surface area contributed by atoms with Crippen molar-refractivity contribution in [3.8, 4) is 0 Å². The van der Waals surface area contributed by atoms with E-state index in [1.165, 1.54) is 6.16 Å². The Kier molecular flexibility index (Phi) is 19.4. The third-order valence-electron chi connectivity index (χ3n) is 4.18. The first-order chi connectivity index (χ1) is 12.7. The molecule has 0 saturated carbocycles. The lowest BCUT2D eigenvalue weighted by Crippen LogP contribution is -2.37. The van der Waals surface area contributed by atoms with Crippen LogP contribution in [0, 0.1) is 0 Å². The predicted molar refractivity (Wildman–Crippen MR) is 113 cm³/mol. The van der Waals surface area contributed by atoms with E-state index in [0.717, 1.165) is 68.1 Å². The summed E-state index contributed by atoms with van der Waals surface area (Å²) in [5.41, 5.74) is 0. The third-order valence-corrected chi connectivity index (χ3v) is 6.64. The van der Waals surface area contributed by atoms with E-state index in [2.05, 4.69) is 18.9 Å². The van der Waals surface area contributed by atoms with Gasteiger partial charge in [-0.15, -0.1) is 17.2 Å². The Labute approximate surface area is 164 Å². The summed E-state index contributed by atoms with van der Waals surface area (Å²) in [6, 6.07) is 0.475. The van der Waals surface area contributed by atoms with Crippen molar-refractivity contribution >= 4 is 17.2 Å². The van der Waals surface area contributed by atoms with Crippen molar-refractivity contribution in [1.29, 1.82) is 0 Å². The molecule has 3 unspecified atom stereocenters. The highest BCUT2D eigenvalue weighted by Gasteiger charge is 2.18. The molecule has 0 rings (SSSR count). The lowest BCUT2D eigenvalue weighted by Gasteiger charge is -2.30. The maximum atomic E-state index is 6.05. The van der Waals surface area contributed by atoms with Crippen LogP contribution in [0.5, 0.6) is 0 Å². The SMILES string of the molecule is CCCON(CCPCC(OC)OC)C(CC)CCPCC(OC)OC. The van der Waals surface area contributed by atoms with Crippen molar-refractivity contribution in [2.45, 2.75) is 51.7 Å². The highest BCUT2D eigenvalue weighted by atomic mass is 31.1. The second kappa shape index (κ2) is 19.0. The Balaban J connectivity index is 4.27. The van der Waals surface area contributed by atoms with Crippen molar-refractivity contribution < 1.29 is 23.8 Å². The molecular weight excluding hydrogens is 372 g/mol. The first-order valence-corrected chi connectivity index (χ1v) is 12.4. The zero-order valence-corrected chi connectivity index (χ0v) is 19.6. The third kappa shape index (κ3) is 12.9. The highest BCUT2D eigenvalue weighted by molar-refractivity contribution is 7.38. The van der Waals surface area contributed by atoms with Gasteiger partial charge in [0.05, 0.1) is 6.61 Å². The minimum absolute atomic E-state index is 0.0726. The molecule has 0 fully saturated rings. The minimum Gasteiger partial charge on any atom is -0.356 e. The number of ether oxygens (including phenoxy) is 4. The molecule has 0 aliphatic heterocycles. The Morgan fingerprint density at radius 3 is 1.81 bits per heavy atom. The van der Waals surface area contributed by atoms with E-state index in [0.29, 0.717) is 6.04 Å².